The minimum absolute atomic E-state index is 0.0892. The molecular formula is C20H22N2O4. The lowest BCUT2D eigenvalue weighted by molar-refractivity contribution is -0.133. The number of fused-ring (bicyclic) bond motifs is 1. The highest BCUT2D eigenvalue weighted by atomic mass is 16.5. The number of hydrogen-bond acceptors (Lipinski definition) is 4. The van der Waals surface area contributed by atoms with Crippen LogP contribution in [0.15, 0.2) is 42.5 Å². The highest BCUT2D eigenvalue weighted by Gasteiger charge is 2.41. The number of nitrogens with zero attached hydrogens (tertiary/aromatic N) is 1. The van der Waals surface area contributed by atoms with Crippen molar-refractivity contribution in [2.45, 2.75) is 26.4 Å². The average Bonchev–Trinajstić information content (AvgIpc) is 2.60. The van der Waals surface area contributed by atoms with Crippen LogP contribution in [-0.2, 0) is 9.59 Å². The lowest BCUT2D eigenvalue weighted by atomic mass is 10.0. The maximum atomic E-state index is 12.8. The van der Waals surface area contributed by atoms with E-state index in [1.165, 1.54) is 4.90 Å². The van der Waals surface area contributed by atoms with E-state index in [2.05, 4.69) is 5.32 Å². The second-order valence-corrected chi connectivity index (χ2v) is 6.75. The molecule has 1 aliphatic rings. The van der Waals surface area contributed by atoms with E-state index in [1.807, 2.05) is 25.1 Å². The van der Waals surface area contributed by atoms with Crippen molar-refractivity contribution in [3.63, 3.8) is 0 Å². The SMILES string of the molecule is COc1ccc(NC(=O)CN2C(=O)C(C)(C)Oc3ccc(C)cc32)cc1. The van der Waals surface area contributed by atoms with E-state index in [-0.39, 0.29) is 18.4 Å². The maximum absolute atomic E-state index is 12.8. The van der Waals surface area contributed by atoms with Crippen LogP contribution in [0.2, 0.25) is 0 Å². The van der Waals surface area contributed by atoms with E-state index in [0.29, 0.717) is 22.9 Å². The third-order valence-electron chi connectivity index (χ3n) is 4.21. The molecular weight excluding hydrogens is 332 g/mol. The van der Waals surface area contributed by atoms with Gasteiger partial charge in [-0.2, -0.15) is 0 Å². The molecule has 2 amide bonds. The fourth-order valence-corrected chi connectivity index (χ4v) is 2.85. The molecule has 2 aromatic rings. The molecule has 0 saturated heterocycles. The molecule has 6 nitrogen and oxygen atoms in total. The number of aryl methyl sites for hydroxylation is 1. The van der Waals surface area contributed by atoms with Crippen LogP contribution in [-0.4, -0.2) is 31.1 Å². The smallest absolute Gasteiger partial charge is 0.271 e. The monoisotopic (exact) mass is 354 g/mol. The molecule has 1 heterocycles. The lowest BCUT2D eigenvalue weighted by Gasteiger charge is -2.38. The molecule has 1 N–H and O–H groups in total. The Bertz CT molecular complexity index is 843. The van der Waals surface area contributed by atoms with Crippen LogP contribution in [0, 0.1) is 6.92 Å². The van der Waals surface area contributed by atoms with Gasteiger partial charge in [-0.1, -0.05) is 6.07 Å². The molecule has 0 atom stereocenters. The van der Waals surface area contributed by atoms with E-state index in [4.69, 9.17) is 9.47 Å². The molecule has 6 heteroatoms. The molecule has 0 unspecified atom stereocenters. The Kier molecular flexibility index (Phi) is 4.59. The number of ether oxygens (including phenoxy) is 2. The van der Waals surface area contributed by atoms with Gasteiger partial charge in [0, 0.05) is 5.69 Å². The molecule has 3 rings (SSSR count). The number of hydrogen-bond donors (Lipinski definition) is 1. The number of carbonyl (C=O) groups excluding carboxylic acids is 2. The van der Waals surface area contributed by atoms with Gasteiger partial charge in [0.05, 0.1) is 12.8 Å². The van der Waals surface area contributed by atoms with E-state index in [0.717, 1.165) is 5.56 Å². The topological polar surface area (TPSA) is 67.9 Å². The Morgan fingerprint density at radius 3 is 2.54 bits per heavy atom. The number of benzene rings is 2. The third-order valence-corrected chi connectivity index (χ3v) is 4.21. The molecule has 0 saturated carbocycles. The number of amides is 2. The quantitative estimate of drug-likeness (QED) is 0.916. The highest BCUT2D eigenvalue weighted by Crippen LogP contribution is 2.38. The highest BCUT2D eigenvalue weighted by molar-refractivity contribution is 6.07. The Morgan fingerprint density at radius 1 is 1.19 bits per heavy atom. The molecule has 26 heavy (non-hydrogen) atoms. The van der Waals surface area contributed by atoms with Gasteiger partial charge in [0.2, 0.25) is 5.91 Å². The predicted molar refractivity (Wildman–Crippen MR) is 99.9 cm³/mol. The summed E-state index contributed by atoms with van der Waals surface area (Å²) >= 11 is 0. The Hall–Kier alpha value is -3.02. The molecule has 0 aliphatic carbocycles. The Morgan fingerprint density at radius 2 is 1.88 bits per heavy atom. The van der Waals surface area contributed by atoms with Gasteiger partial charge in [-0.3, -0.25) is 14.5 Å². The average molecular weight is 354 g/mol. The van der Waals surface area contributed by atoms with Crippen molar-refractivity contribution in [1.82, 2.24) is 0 Å². The minimum Gasteiger partial charge on any atom is -0.497 e. The van der Waals surface area contributed by atoms with E-state index >= 15 is 0 Å². The summed E-state index contributed by atoms with van der Waals surface area (Å²) in [5.41, 5.74) is 1.21. The predicted octanol–water partition coefficient (Wildman–Crippen LogP) is 3.15. The summed E-state index contributed by atoms with van der Waals surface area (Å²) in [6.45, 7) is 5.24. The molecule has 0 bridgehead atoms. The van der Waals surface area contributed by atoms with Crippen molar-refractivity contribution >= 4 is 23.2 Å². The zero-order chi connectivity index (χ0) is 18.9. The number of anilines is 2. The van der Waals surface area contributed by atoms with Gasteiger partial charge in [-0.05, 0) is 62.7 Å². The largest absolute Gasteiger partial charge is 0.497 e. The molecule has 0 fully saturated rings. The Labute approximate surface area is 152 Å². The van der Waals surface area contributed by atoms with Crippen LogP contribution < -0.4 is 19.7 Å². The lowest BCUT2D eigenvalue weighted by Crippen LogP contribution is -2.54. The number of nitrogens with one attached hydrogen (secondary N) is 1. The summed E-state index contributed by atoms with van der Waals surface area (Å²) in [4.78, 5) is 26.8. The molecule has 0 spiro atoms. The zero-order valence-corrected chi connectivity index (χ0v) is 15.3. The normalized spacial score (nSPS) is 15.1. The first kappa shape index (κ1) is 17.8. The fraction of sp³-hybridized carbons (Fsp3) is 0.300. The van der Waals surface area contributed by atoms with Gasteiger partial charge in [0.25, 0.3) is 5.91 Å². The summed E-state index contributed by atoms with van der Waals surface area (Å²) < 4.78 is 10.9. The molecule has 0 aromatic heterocycles. The second kappa shape index (κ2) is 6.71. The van der Waals surface area contributed by atoms with Gasteiger partial charge in [-0.15, -0.1) is 0 Å². The van der Waals surface area contributed by atoms with Crippen molar-refractivity contribution < 1.29 is 19.1 Å². The third kappa shape index (κ3) is 3.49. The van der Waals surface area contributed by atoms with Crippen molar-refractivity contribution in [2.75, 3.05) is 23.9 Å². The molecule has 136 valence electrons. The summed E-state index contributed by atoms with van der Waals surface area (Å²) in [5, 5.41) is 2.80. The Balaban J connectivity index is 1.81. The van der Waals surface area contributed by atoms with Crippen LogP contribution in [0.1, 0.15) is 19.4 Å². The van der Waals surface area contributed by atoms with Crippen molar-refractivity contribution in [2.24, 2.45) is 0 Å². The van der Waals surface area contributed by atoms with E-state index in [1.54, 1.807) is 45.2 Å². The van der Waals surface area contributed by atoms with Gasteiger partial charge < -0.3 is 14.8 Å². The molecule has 0 radical (unpaired) electrons. The summed E-state index contributed by atoms with van der Waals surface area (Å²) in [7, 11) is 1.58. The van der Waals surface area contributed by atoms with Crippen molar-refractivity contribution in [3.05, 3.63) is 48.0 Å². The summed E-state index contributed by atoms with van der Waals surface area (Å²) in [6.07, 6.45) is 0. The number of methoxy groups -OCH3 is 1. The maximum Gasteiger partial charge on any atom is 0.271 e. The van der Waals surface area contributed by atoms with Gasteiger partial charge in [0.1, 0.15) is 18.0 Å². The van der Waals surface area contributed by atoms with Crippen LogP contribution in [0.25, 0.3) is 0 Å². The van der Waals surface area contributed by atoms with Gasteiger partial charge in [-0.25, -0.2) is 0 Å². The van der Waals surface area contributed by atoms with E-state index < -0.39 is 5.60 Å². The van der Waals surface area contributed by atoms with Gasteiger partial charge >= 0.3 is 0 Å². The summed E-state index contributed by atoms with van der Waals surface area (Å²) in [6, 6.07) is 12.6. The van der Waals surface area contributed by atoms with Crippen molar-refractivity contribution in [3.8, 4) is 11.5 Å². The second-order valence-electron chi connectivity index (χ2n) is 6.75. The molecule has 2 aromatic carbocycles. The van der Waals surface area contributed by atoms with Gasteiger partial charge in [0.15, 0.2) is 5.60 Å². The van der Waals surface area contributed by atoms with Crippen LogP contribution in [0.3, 0.4) is 0 Å². The fourth-order valence-electron chi connectivity index (χ4n) is 2.85. The first-order chi connectivity index (χ1) is 12.3. The number of carbonyl (C=O) groups is 2. The summed E-state index contributed by atoms with van der Waals surface area (Å²) in [5.74, 6) is 0.768. The first-order valence-corrected chi connectivity index (χ1v) is 8.36. The molecule has 1 aliphatic heterocycles. The minimum atomic E-state index is -1.03. The van der Waals surface area contributed by atoms with Crippen LogP contribution in [0.5, 0.6) is 11.5 Å². The van der Waals surface area contributed by atoms with E-state index in [9.17, 15) is 9.59 Å². The zero-order valence-electron chi connectivity index (χ0n) is 15.3. The van der Waals surface area contributed by atoms with Crippen molar-refractivity contribution in [1.29, 1.82) is 0 Å². The standard InChI is InChI=1S/C20H22N2O4/c1-13-5-10-17-16(11-13)22(19(24)20(2,3)26-17)12-18(23)21-14-6-8-15(25-4)9-7-14/h5-11H,12H2,1-4H3,(H,21,23). The first-order valence-electron chi connectivity index (χ1n) is 8.36. The van der Waals surface area contributed by atoms with Crippen LogP contribution in [0.4, 0.5) is 11.4 Å². The van der Waals surface area contributed by atoms with Crippen LogP contribution >= 0.6 is 0 Å². The number of rotatable bonds is 4.